The highest BCUT2D eigenvalue weighted by Gasteiger charge is 2.17. The molecule has 1 atom stereocenters. The Labute approximate surface area is 139 Å². The quantitative estimate of drug-likeness (QED) is 0.808. The van der Waals surface area contributed by atoms with Crippen LogP contribution in [0.1, 0.15) is 22.7 Å². The number of methoxy groups -OCH3 is 1. The number of rotatable bonds is 5. The Bertz CT molecular complexity index is 630. The first kappa shape index (κ1) is 16.3. The number of benzene rings is 2. The van der Waals surface area contributed by atoms with Gasteiger partial charge in [-0.25, -0.2) is 0 Å². The SMILES string of the molecule is CNC(Cc1ccccc1Cl)c1cc(Br)c(C)cc1OC. The Hall–Kier alpha value is -1.03. The Balaban J connectivity index is 2.38. The molecule has 0 spiro atoms. The lowest BCUT2D eigenvalue weighted by molar-refractivity contribution is 0.400. The minimum Gasteiger partial charge on any atom is -0.496 e. The molecule has 2 nitrogen and oxygen atoms in total. The summed E-state index contributed by atoms with van der Waals surface area (Å²) < 4.78 is 6.62. The van der Waals surface area contributed by atoms with Gasteiger partial charge < -0.3 is 10.1 Å². The molecular weight excluding hydrogens is 350 g/mol. The zero-order chi connectivity index (χ0) is 15.4. The minimum atomic E-state index is 0.136. The number of hydrogen-bond donors (Lipinski definition) is 1. The number of hydrogen-bond acceptors (Lipinski definition) is 2. The topological polar surface area (TPSA) is 21.3 Å². The van der Waals surface area contributed by atoms with Crippen molar-refractivity contribution < 1.29 is 4.74 Å². The molecule has 0 amide bonds. The highest BCUT2D eigenvalue weighted by atomic mass is 79.9. The molecule has 4 heteroatoms. The molecule has 0 aliphatic carbocycles. The molecule has 2 aromatic carbocycles. The summed E-state index contributed by atoms with van der Waals surface area (Å²) in [6, 6.07) is 12.2. The summed E-state index contributed by atoms with van der Waals surface area (Å²) in [5.41, 5.74) is 3.40. The van der Waals surface area contributed by atoms with E-state index in [4.69, 9.17) is 16.3 Å². The Kier molecular flexibility index (Phi) is 5.68. The molecular formula is C17H19BrClNO. The molecule has 0 saturated carbocycles. The van der Waals surface area contributed by atoms with E-state index in [9.17, 15) is 0 Å². The highest BCUT2D eigenvalue weighted by Crippen LogP contribution is 2.33. The standard InChI is InChI=1S/C17H19BrClNO/c1-11-8-17(21-3)13(10-14(11)18)16(20-2)9-12-6-4-5-7-15(12)19/h4-8,10,16,20H,9H2,1-3H3. The van der Waals surface area contributed by atoms with Crippen molar-refractivity contribution in [2.24, 2.45) is 0 Å². The fraction of sp³-hybridized carbons (Fsp3) is 0.294. The van der Waals surface area contributed by atoms with Crippen molar-refractivity contribution in [3.8, 4) is 5.75 Å². The maximum atomic E-state index is 6.27. The van der Waals surface area contributed by atoms with E-state index in [-0.39, 0.29) is 6.04 Å². The van der Waals surface area contributed by atoms with Gasteiger partial charge in [0.25, 0.3) is 0 Å². The zero-order valence-corrected chi connectivity index (χ0v) is 14.8. The molecule has 0 heterocycles. The van der Waals surface area contributed by atoms with Gasteiger partial charge in [0.2, 0.25) is 0 Å². The summed E-state index contributed by atoms with van der Waals surface area (Å²) >= 11 is 9.87. The van der Waals surface area contributed by atoms with Gasteiger partial charge in [-0.2, -0.15) is 0 Å². The molecule has 21 heavy (non-hydrogen) atoms. The number of nitrogens with one attached hydrogen (secondary N) is 1. The Morgan fingerprint density at radius 1 is 1.29 bits per heavy atom. The lowest BCUT2D eigenvalue weighted by Crippen LogP contribution is -2.20. The van der Waals surface area contributed by atoms with E-state index in [1.165, 1.54) is 0 Å². The maximum Gasteiger partial charge on any atom is 0.123 e. The van der Waals surface area contributed by atoms with Gasteiger partial charge in [0.15, 0.2) is 0 Å². The summed E-state index contributed by atoms with van der Waals surface area (Å²) in [4.78, 5) is 0. The first-order valence-corrected chi connectivity index (χ1v) is 7.98. The largest absolute Gasteiger partial charge is 0.496 e. The van der Waals surface area contributed by atoms with Gasteiger partial charge in [-0.05, 0) is 49.7 Å². The predicted octanol–water partition coefficient (Wildman–Crippen LogP) is 4.92. The van der Waals surface area contributed by atoms with Crippen LogP contribution in [0.4, 0.5) is 0 Å². The Morgan fingerprint density at radius 3 is 2.62 bits per heavy atom. The summed E-state index contributed by atoms with van der Waals surface area (Å²) in [6.07, 6.45) is 0.808. The molecule has 0 aliphatic heterocycles. The van der Waals surface area contributed by atoms with Crippen molar-refractivity contribution in [2.75, 3.05) is 14.2 Å². The number of likely N-dealkylation sites (N-methyl/N-ethyl adjacent to an activating group) is 1. The molecule has 112 valence electrons. The normalized spacial score (nSPS) is 12.2. The number of ether oxygens (including phenoxy) is 1. The summed E-state index contributed by atoms with van der Waals surface area (Å²) in [6.45, 7) is 2.05. The van der Waals surface area contributed by atoms with Crippen molar-refractivity contribution >= 4 is 27.5 Å². The van der Waals surface area contributed by atoms with Crippen LogP contribution in [0.3, 0.4) is 0 Å². The summed E-state index contributed by atoms with van der Waals surface area (Å²) in [5, 5.41) is 4.15. The highest BCUT2D eigenvalue weighted by molar-refractivity contribution is 9.10. The van der Waals surface area contributed by atoms with Crippen LogP contribution in [0.5, 0.6) is 5.75 Å². The molecule has 0 aromatic heterocycles. The smallest absolute Gasteiger partial charge is 0.123 e. The van der Waals surface area contributed by atoms with Crippen LogP contribution in [0.15, 0.2) is 40.9 Å². The van der Waals surface area contributed by atoms with Crippen molar-refractivity contribution in [1.29, 1.82) is 0 Å². The van der Waals surface area contributed by atoms with Crippen LogP contribution in [0, 0.1) is 6.92 Å². The van der Waals surface area contributed by atoms with E-state index in [2.05, 4.69) is 46.4 Å². The van der Waals surface area contributed by atoms with Gasteiger partial charge in [-0.15, -0.1) is 0 Å². The lowest BCUT2D eigenvalue weighted by Gasteiger charge is -2.21. The second-order valence-corrected chi connectivity index (χ2v) is 6.24. The Morgan fingerprint density at radius 2 is 2.00 bits per heavy atom. The molecule has 0 saturated heterocycles. The molecule has 2 rings (SSSR count). The number of aryl methyl sites for hydroxylation is 1. The molecule has 0 radical (unpaired) electrons. The van der Waals surface area contributed by atoms with Crippen LogP contribution in [0.2, 0.25) is 5.02 Å². The predicted molar refractivity (Wildman–Crippen MR) is 92.4 cm³/mol. The summed E-state index contributed by atoms with van der Waals surface area (Å²) in [5.74, 6) is 0.891. The molecule has 1 N–H and O–H groups in total. The van der Waals surface area contributed by atoms with E-state index in [1.54, 1.807) is 7.11 Å². The van der Waals surface area contributed by atoms with Gasteiger partial charge in [0.05, 0.1) is 7.11 Å². The molecule has 1 unspecified atom stereocenters. The first-order valence-electron chi connectivity index (χ1n) is 6.81. The second-order valence-electron chi connectivity index (χ2n) is 4.98. The molecule has 0 aliphatic rings. The van der Waals surface area contributed by atoms with Crippen LogP contribution in [0.25, 0.3) is 0 Å². The van der Waals surface area contributed by atoms with Crippen molar-refractivity contribution in [3.05, 3.63) is 62.6 Å². The maximum absolute atomic E-state index is 6.27. The van der Waals surface area contributed by atoms with E-state index in [1.807, 2.05) is 25.2 Å². The third-order valence-corrected chi connectivity index (χ3v) is 4.84. The minimum absolute atomic E-state index is 0.136. The summed E-state index contributed by atoms with van der Waals surface area (Å²) in [7, 11) is 3.66. The van der Waals surface area contributed by atoms with E-state index in [0.29, 0.717) is 0 Å². The van der Waals surface area contributed by atoms with Crippen LogP contribution in [-0.4, -0.2) is 14.2 Å². The van der Waals surface area contributed by atoms with Gasteiger partial charge in [-0.3, -0.25) is 0 Å². The van der Waals surface area contributed by atoms with Crippen LogP contribution in [-0.2, 0) is 6.42 Å². The lowest BCUT2D eigenvalue weighted by atomic mass is 9.97. The fourth-order valence-electron chi connectivity index (χ4n) is 2.37. The van der Waals surface area contributed by atoms with Crippen LogP contribution < -0.4 is 10.1 Å². The van der Waals surface area contributed by atoms with Gasteiger partial charge in [-0.1, -0.05) is 45.7 Å². The fourth-order valence-corrected chi connectivity index (χ4v) is 2.94. The van der Waals surface area contributed by atoms with E-state index >= 15 is 0 Å². The average Bonchev–Trinajstić information content (AvgIpc) is 2.49. The third kappa shape index (κ3) is 3.79. The van der Waals surface area contributed by atoms with Crippen molar-refractivity contribution in [2.45, 2.75) is 19.4 Å². The van der Waals surface area contributed by atoms with E-state index < -0.39 is 0 Å². The monoisotopic (exact) mass is 367 g/mol. The second kappa shape index (κ2) is 7.30. The molecule has 2 aromatic rings. The van der Waals surface area contributed by atoms with Gasteiger partial charge >= 0.3 is 0 Å². The van der Waals surface area contributed by atoms with Gasteiger partial charge in [0, 0.05) is 21.1 Å². The molecule has 0 bridgehead atoms. The van der Waals surface area contributed by atoms with Gasteiger partial charge in [0.1, 0.15) is 5.75 Å². The first-order chi connectivity index (χ1) is 10.1. The van der Waals surface area contributed by atoms with Crippen molar-refractivity contribution in [3.63, 3.8) is 0 Å². The van der Waals surface area contributed by atoms with Crippen molar-refractivity contribution in [1.82, 2.24) is 5.32 Å². The average molecular weight is 369 g/mol. The third-order valence-electron chi connectivity index (χ3n) is 3.62. The molecule has 0 fully saturated rings. The van der Waals surface area contributed by atoms with E-state index in [0.717, 1.165) is 38.4 Å². The zero-order valence-electron chi connectivity index (χ0n) is 12.4. The van der Waals surface area contributed by atoms with Crippen LogP contribution >= 0.6 is 27.5 Å². The number of halogens is 2.